The third-order valence-electron chi connectivity index (χ3n) is 3.87. The van der Waals surface area contributed by atoms with Crippen LogP contribution in [0.2, 0.25) is 0 Å². The molecule has 0 radical (unpaired) electrons. The first-order valence-electron chi connectivity index (χ1n) is 6.55. The number of rotatable bonds is 0. The molecular formula is C18H9Br3. The van der Waals surface area contributed by atoms with Gasteiger partial charge in [0, 0.05) is 18.8 Å². The van der Waals surface area contributed by atoms with Gasteiger partial charge in [0.2, 0.25) is 0 Å². The van der Waals surface area contributed by atoms with Gasteiger partial charge in [0.25, 0.3) is 0 Å². The van der Waals surface area contributed by atoms with E-state index in [0.717, 1.165) is 13.4 Å². The molecule has 4 aromatic carbocycles. The van der Waals surface area contributed by atoms with Gasteiger partial charge in [0.15, 0.2) is 0 Å². The zero-order valence-corrected chi connectivity index (χ0v) is 15.6. The number of hydrogen-bond acceptors (Lipinski definition) is 0. The molecule has 0 aliphatic rings. The fourth-order valence-corrected chi connectivity index (χ4v) is 4.61. The molecule has 0 saturated carbocycles. The van der Waals surface area contributed by atoms with Crippen molar-refractivity contribution in [2.75, 3.05) is 0 Å². The Hall–Kier alpha value is -0.900. The first-order valence-corrected chi connectivity index (χ1v) is 8.93. The number of fused-ring (bicyclic) bond motifs is 6. The summed E-state index contributed by atoms with van der Waals surface area (Å²) in [5, 5.41) is 7.63. The van der Waals surface area contributed by atoms with Gasteiger partial charge < -0.3 is 0 Å². The Balaban J connectivity index is 2.46. The molecule has 0 aliphatic heterocycles. The average molecular weight is 465 g/mol. The van der Waals surface area contributed by atoms with Crippen molar-refractivity contribution >= 4 is 80.1 Å². The molecular weight excluding hydrogens is 456 g/mol. The van der Waals surface area contributed by atoms with Crippen LogP contribution >= 0.6 is 47.8 Å². The Bertz CT molecular complexity index is 1020. The summed E-state index contributed by atoms with van der Waals surface area (Å²) in [7, 11) is 0. The summed E-state index contributed by atoms with van der Waals surface area (Å²) in [6.07, 6.45) is 0. The van der Waals surface area contributed by atoms with E-state index in [9.17, 15) is 0 Å². The monoisotopic (exact) mass is 462 g/mol. The maximum atomic E-state index is 3.76. The molecule has 0 nitrogen and oxygen atoms in total. The van der Waals surface area contributed by atoms with Gasteiger partial charge in [-0.1, -0.05) is 48.5 Å². The van der Waals surface area contributed by atoms with Crippen LogP contribution in [0.4, 0.5) is 0 Å². The van der Waals surface area contributed by atoms with E-state index >= 15 is 0 Å². The van der Waals surface area contributed by atoms with E-state index in [1.807, 2.05) is 0 Å². The highest BCUT2D eigenvalue weighted by Gasteiger charge is 2.14. The normalized spacial score (nSPS) is 11.6. The third-order valence-corrected chi connectivity index (χ3v) is 7.17. The van der Waals surface area contributed by atoms with Crippen LogP contribution in [0.25, 0.3) is 32.3 Å². The lowest BCUT2D eigenvalue weighted by molar-refractivity contribution is 1.62. The quantitative estimate of drug-likeness (QED) is 0.187. The molecule has 0 amide bonds. The van der Waals surface area contributed by atoms with Gasteiger partial charge in [-0.2, -0.15) is 0 Å². The molecule has 0 saturated heterocycles. The lowest BCUT2D eigenvalue weighted by Gasteiger charge is -2.13. The van der Waals surface area contributed by atoms with Crippen LogP contribution in [-0.4, -0.2) is 0 Å². The molecule has 21 heavy (non-hydrogen) atoms. The maximum Gasteiger partial charge on any atom is 0.0466 e. The fraction of sp³-hybridized carbons (Fsp3) is 0. The van der Waals surface area contributed by atoms with E-state index in [1.165, 1.54) is 32.3 Å². The summed E-state index contributed by atoms with van der Waals surface area (Å²) in [5.41, 5.74) is 0. The Morgan fingerprint density at radius 1 is 0.524 bits per heavy atom. The van der Waals surface area contributed by atoms with Crippen molar-refractivity contribution in [2.45, 2.75) is 0 Å². The SMILES string of the molecule is Brc1cc2c3ccccc3c3ccccc3c2c(Br)c1Br. The minimum absolute atomic E-state index is 1.05. The van der Waals surface area contributed by atoms with Crippen LogP contribution < -0.4 is 0 Å². The first-order chi connectivity index (χ1) is 10.2. The van der Waals surface area contributed by atoms with Crippen molar-refractivity contribution in [2.24, 2.45) is 0 Å². The fourth-order valence-electron chi connectivity index (χ4n) is 2.96. The second kappa shape index (κ2) is 5.08. The van der Waals surface area contributed by atoms with Gasteiger partial charge >= 0.3 is 0 Å². The second-order valence-electron chi connectivity index (χ2n) is 5.00. The van der Waals surface area contributed by atoms with Gasteiger partial charge in [-0.3, -0.25) is 0 Å². The smallest absolute Gasteiger partial charge is 0.0466 e. The number of hydrogen-bond donors (Lipinski definition) is 0. The Morgan fingerprint density at radius 3 is 1.62 bits per heavy atom. The van der Waals surface area contributed by atoms with Crippen molar-refractivity contribution in [1.82, 2.24) is 0 Å². The summed E-state index contributed by atoms with van der Waals surface area (Å²) in [4.78, 5) is 0. The van der Waals surface area contributed by atoms with Crippen LogP contribution in [0.3, 0.4) is 0 Å². The van der Waals surface area contributed by atoms with Crippen molar-refractivity contribution in [1.29, 1.82) is 0 Å². The van der Waals surface area contributed by atoms with Gasteiger partial charge in [0.05, 0.1) is 0 Å². The third kappa shape index (κ3) is 1.98. The Morgan fingerprint density at radius 2 is 1.00 bits per heavy atom. The van der Waals surface area contributed by atoms with Crippen LogP contribution in [0.1, 0.15) is 0 Å². The zero-order valence-electron chi connectivity index (χ0n) is 10.8. The van der Waals surface area contributed by atoms with E-state index in [1.54, 1.807) is 0 Å². The lowest BCUT2D eigenvalue weighted by atomic mass is 9.94. The number of benzene rings is 4. The van der Waals surface area contributed by atoms with Gasteiger partial charge in [-0.05, 0) is 80.8 Å². The van der Waals surface area contributed by atoms with E-state index in [4.69, 9.17) is 0 Å². The van der Waals surface area contributed by atoms with Crippen LogP contribution in [0, 0.1) is 0 Å². The first kappa shape index (κ1) is 13.7. The van der Waals surface area contributed by atoms with Gasteiger partial charge in [0.1, 0.15) is 0 Å². The topological polar surface area (TPSA) is 0 Å². The summed E-state index contributed by atoms with van der Waals surface area (Å²) in [5.74, 6) is 0. The van der Waals surface area contributed by atoms with Crippen molar-refractivity contribution in [3.05, 3.63) is 68.0 Å². The molecule has 102 valence electrons. The average Bonchev–Trinajstić information content (AvgIpc) is 2.52. The van der Waals surface area contributed by atoms with E-state index in [0.29, 0.717) is 0 Å². The van der Waals surface area contributed by atoms with E-state index < -0.39 is 0 Å². The van der Waals surface area contributed by atoms with Crippen molar-refractivity contribution < 1.29 is 0 Å². The van der Waals surface area contributed by atoms with Gasteiger partial charge in [-0.15, -0.1) is 0 Å². The van der Waals surface area contributed by atoms with Crippen molar-refractivity contribution in [3.8, 4) is 0 Å². The molecule has 3 heteroatoms. The minimum Gasteiger partial charge on any atom is -0.0616 e. The molecule has 0 atom stereocenters. The number of halogens is 3. The molecule has 0 aliphatic carbocycles. The molecule has 0 bridgehead atoms. The summed E-state index contributed by atoms with van der Waals surface area (Å²) < 4.78 is 3.20. The molecule has 0 unspecified atom stereocenters. The molecule has 0 heterocycles. The maximum absolute atomic E-state index is 3.76. The van der Waals surface area contributed by atoms with Crippen LogP contribution in [0.5, 0.6) is 0 Å². The summed E-state index contributed by atoms with van der Waals surface area (Å²) >= 11 is 11.1. The highest BCUT2D eigenvalue weighted by molar-refractivity contribution is 9.14. The zero-order chi connectivity index (χ0) is 14.6. The van der Waals surface area contributed by atoms with Crippen LogP contribution in [-0.2, 0) is 0 Å². The second-order valence-corrected chi connectivity index (χ2v) is 7.44. The van der Waals surface area contributed by atoms with Crippen LogP contribution in [0.15, 0.2) is 68.0 Å². The lowest BCUT2D eigenvalue weighted by Crippen LogP contribution is -1.86. The van der Waals surface area contributed by atoms with Gasteiger partial charge in [-0.25, -0.2) is 0 Å². The summed E-state index contributed by atoms with van der Waals surface area (Å²) in [6.45, 7) is 0. The summed E-state index contributed by atoms with van der Waals surface area (Å²) in [6, 6.07) is 19.4. The predicted molar refractivity (Wildman–Crippen MR) is 102 cm³/mol. The Labute approximate surface area is 147 Å². The molecule has 4 aromatic rings. The predicted octanol–water partition coefficient (Wildman–Crippen LogP) is 7.43. The Kier molecular flexibility index (Phi) is 3.32. The molecule has 0 spiro atoms. The van der Waals surface area contributed by atoms with E-state index in [2.05, 4.69) is 102 Å². The molecule has 4 rings (SSSR count). The molecule has 0 aromatic heterocycles. The highest BCUT2D eigenvalue weighted by Crippen LogP contribution is 2.44. The standard InChI is InChI=1S/C18H9Br3/c19-15-9-14-12-7-2-1-5-10(12)11-6-3-4-8-13(11)16(14)18(21)17(15)20/h1-9H. The van der Waals surface area contributed by atoms with Crippen molar-refractivity contribution in [3.63, 3.8) is 0 Å². The minimum atomic E-state index is 1.05. The highest BCUT2D eigenvalue weighted by atomic mass is 79.9. The molecule has 0 N–H and O–H groups in total. The van der Waals surface area contributed by atoms with E-state index in [-0.39, 0.29) is 0 Å². The largest absolute Gasteiger partial charge is 0.0616 e. The molecule has 0 fully saturated rings.